The van der Waals surface area contributed by atoms with E-state index in [-0.39, 0.29) is 11.8 Å². The summed E-state index contributed by atoms with van der Waals surface area (Å²) in [5.41, 5.74) is 0.891. The SMILES string of the molecule is CC(C)C(C(=O)NCC1CCCN1)n1nnc(-c2ccccc2)n1. The summed E-state index contributed by atoms with van der Waals surface area (Å²) < 4.78 is 0. The van der Waals surface area contributed by atoms with E-state index in [2.05, 4.69) is 26.0 Å². The predicted molar refractivity (Wildman–Crippen MR) is 91.2 cm³/mol. The molecular formula is C17H24N6O. The summed E-state index contributed by atoms with van der Waals surface area (Å²) in [6.45, 7) is 5.65. The minimum absolute atomic E-state index is 0.0595. The summed E-state index contributed by atoms with van der Waals surface area (Å²) in [5.74, 6) is 0.543. The van der Waals surface area contributed by atoms with Gasteiger partial charge in [0.15, 0.2) is 6.04 Å². The Balaban J connectivity index is 1.71. The molecule has 0 saturated carbocycles. The molecule has 128 valence electrons. The van der Waals surface area contributed by atoms with Gasteiger partial charge >= 0.3 is 0 Å². The molecule has 24 heavy (non-hydrogen) atoms. The Hall–Kier alpha value is -2.28. The molecule has 1 aliphatic heterocycles. The number of tetrazole rings is 1. The lowest BCUT2D eigenvalue weighted by molar-refractivity contribution is -0.126. The molecule has 2 N–H and O–H groups in total. The van der Waals surface area contributed by atoms with Gasteiger partial charge in [-0.05, 0) is 30.5 Å². The van der Waals surface area contributed by atoms with Crippen LogP contribution in [0, 0.1) is 5.92 Å². The van der Waals surface area contributed by atoms with Crippen molar-refractivity contribution >= 4 is 5.91 Å². The molecule has 2 unspecified atom stereocenters. The Morgan fingerprint density at radius 1 is 1.38 bits per heavy atom. The first-order chi connectivity index (χ1) is 11.6. The van der Waals surface area contributed by atoms with E-state index >= 15 is 0 Å². The van der Waals surface area contributed by atoms with Crippen molar-refractivity contribution in [3.8, 4) is 11.4 Å². The topological polar surface area (TPSA) is 84.7 Å². The minimum atomic E-state index is -0.462. The Bertz CT molecular complexity index is 663. The zero-order valence-electron chi connectivity index (χ0n) is 14.1. The lowest BCUT2D eigenvalue weighted by atomic mass is 10.0. The van der Waals surface area contributed by atoms with Crippen molar-refractivity contribution in [3.05, 3.63) is 30.3 Å². The second-order valence-electron chi connectivity index (χ2n) is 6.53. The van der Waals surface area contributed by atoms with Crippen LogP contribution in [0.15, 0.2) is 30.3 Å². The van der Waals surface area contributed by atoms with Crippen LogP contribution in [0.1, 0.15) is 32.7 Å². The molecule has 1 aromatic heterocycles. The molecule has 7 heteroatoms. The van der Waals surface area contributed by atoms with Gasteiger partial charge in [-0.25, -0.2) is 0 Å². The van der Waals surface area contributed by atoms with Gasteiger partial charge in [-0.15, -0.1) is 10.2 Å². The normalized spacial score (nSPS) is 18.7. The number of rotatable bonds is 6. The number of amides is 1. The van der Waals surface area contributed by atoms with Gasteiger partial charge in [-0.2, -0.15) is 4.80 Å². The highest BCUT2D eigenvalue weighted by atomic mass is 16.2. The fourth-order valence-corrected chi connectivity index (χ4v) is 2.98. The molecule has 1 saturated heterocycles. The van der Waals surface area contributed by atoms with E-state index in [1.807, 2.05) is 44.2 Å². The zero-order valence-corrected chi connectivity index (χ0v) is 14.1. The third-order valence-corrected chi connectivity index (χ3v) is 4.29. The van der Waals surface area contributed by atoms with Gasteiger partial charge in [0.1, 0.15) is 0 Å². The highest BCUT2D eigenvalue weighted by Gasteiger charge is 2.28. The van der Waals surface area contributed by atoms with Gasteiger partial charge in [0, 0.05) is 18.2 Å². The van der Waals surface area contributed by atoms with E-state index in [0.29, 0.717) is 18.4 Å². The molecule has 1 amide bonds. The summed E-state index contributed by atoms with van der Waals surface area (Å²) >= 11 is 0. The van der Waals surface area contributed by atoms with Gasteiger partial charge in [0.2, 0.25) is 11.7 Å². The Labute approximate surface area is 141 Å². The maximum Gasteiger partial charge on any atom is 0.247 e. The monoisotopic (exact) mass is 328 g/mol. The number of hydrogen-bond acceptors (Lipinski definition) is 5. The zero-order chi connectivity index (χ0) is 16.9. The molecule has 0 aliphatic carbocycles. The van der Waals surface area contributed by atoms with Crippen LogP contribution in [-0.4, -0.2) is 45.2 Å². The number of hydrogen-bond donors (Lipinski definition) is 2. The van der Waals surface area contributed by atoms with Crippen LogP contribution in [0.25, 0.3) is 11.4 Å². The largest absolute Gasteiger partial charge is 0.353 e. The van der Waals surface area contributed by atoms with Crippen LogP contribution >= 0.6 is 0 Å². The van der Waals surface area contributed by atoms with Crippen molar-refractivity contribution in [2.24, 2.45) is 5.92 Å². The Morgan fingerprint density at radius 2 is 2.17 bits per heavy atom. The maximum absolute atomic E-state index is 12.6. The van der Waals surface area contributed by atoms with E-state index in [4.69, 9.17) is 0 Å². The first kappa shape index (κ1) is 16.6. The van der Waals surface area contributed by atoms with Gasteiger partial charge in [0.05, 0.1) is 0 Å². The summed E-state index contributed by atoms with van der Waals surface area (Å²) in [6, 6.07) is 9.56. The molecule has 0 spiro atoms. The smallest absolute Gasteiger partial charge is 0.247 e. The molecule has 2 aromatic rings. The van der Waals surface area contributed by atoms with Crippen molar-refractivity contribution in [3.63, 3.8) is 0 Å². The Kier molecular flexibility index (Phi) is 5.20. The molecular weight excluding hydrogens is 304 g/mol. The first-order valence-electron chi connectivity index (χ1n) is 8.51. The molecule has 7 nitrogen and oxygen atoms in total. The van der Waals surface area contributed by atoms with Crippen molar-refractivity contribution in [2.45, 2.75) is 38.8 Å². The second kappa shape index (κ2) is 7.53. The first-order valence-corrected chi connectivity index (χ1v) is 8.51. The summed E-state index contributed by atoms with van der Waals surface area (Å²) in [7, 11) is 0. The fraction of sp³-hybridized carbons (Fsp3) is 0.529. The van der Waals surface area contributed by atoms with E-state index in [0.717, 1.165) is 18.5 Å². The van der Waals surface area contributed by atoms with Crippen LogP contribution in [-0.2, 0) is 4.79 Å². The molecule has 2 heterocycles. The van der Waals surface area contributed by atoms with Crippen LogP contribution in [0.3, 0.4) is 0 Å². The summed E-state index contributed by atoms with van der Waals surface area (Å²) in [5, 5.41) is 19.0. The number of carbonyl (C=O) groups excluding carboxylic acids is 1. The maximum atomic E-state index is 12.6. The molecule has 0 bridgehead atoms. The molecule has 3 rings (SSSR count). The van der Waals surface area contributed by atoms with Crippen molar-refractivity contribution in [1.82, 2.24) is 30.8 Å². The summed E-state index contributed by atoms with van der Waals surface area (Å²) in [6.07, 6.45) is 2.27. The van der Waals surface area contributed by atoms with Crippen LogP contribution < -0.4 is 10.6 Å². The van der Waals surface area contributed by atoms with E-state index in [1.165, 1.54) is 11.2 Å². The average molecular weight is 328 g/mol. The summed E-state index contributed by atoms with van der Waals surface area (Å²) in [4.78, 5) is 14.1. The minimum Gasteiger partial charge on any atom is -0.353 e. The third-order valence-electron chi connectivity index (χ3n) is 4.29. The van der Waals surface area contributed by atoms with Crippen LogP contribution in [0.5, 0.6) is 0 Å². The molecule has 1 aliphatic rings. The van der Waals surface area contributed by atoms with E-state index in [1.54, 1.807) is 0 Å². The third kappa shape index (κ3) is 3.79. The lowest BCUT2D eigenvalue weighted by Gasteiger charge is -2.20. The fourth-order valence-electron chi connectivity index (χ4n) is 2.98. The highest BCUT2D eigenvalue weighted by molar-refractivity contribution is 5.80. The number of nitrogens with zero attached hydrogens (tertiary/aromatic N) is 4. The van der Waals surface area contributed by atoms with Crippen LogP contribution in [0.4, 0.5) is 0 Å². The predicted octanol–water partition coefficient (Wildman–Crippen LogP) is 1.41. The lowest BCUT2D eigenvalue weighted by Crippen LogP contribution is -2.42. The molecule has 1 fully saturated rings. The number of carbonyl (C=O) groups is 1. The van der Waals surface area contributed by atoms with E-state index < -0.39 is 6.04 Å². The molecule has 0 radical (unpaired) electrons. The van der Waals surface area contributed by atoms with Gasteiger partial charge < -0.3 is 10.6 Å². The molecule has 2 atom stereocenters. The quantitative estimate of drug-likeness (QED) is 0.837. The molecule has 1 aromatic carbocycles. The van der Waals surface area contributed by atoms with Gasteiger partial charge in [-0.3, -0.25) is 4.79 Å². The number of nitrogens with one attached hydrogen (secondary N) is 2. The van der Waals surface area contributed by atoms with E-state index in [9.17, 15) is 4.79 Å². The van der Waals surface area contributed by atoms with Gasteiger partial charge in [-0.1, -0.05) is 44.2 Å². The van der Waals surface area contributed by atoms with Crippen molar-refractivity contribution < 1.29 is 4.79 Å². The van der Waals surface area contributed by atoms with Crippen molar-refractivity contribution in [2.75, 3.05) is 13.1 Å². The van der Waals surface area contributed by atoms with Crippen molar-refractivity contribution in [1.29, 1.82) is 0 Å². The second-order valence-corrected chi connectivity index (χ2v) is 6.53. The highest BCUT2D eigenvalue weighted by Crippen LogP contribution is 2.18. The standard InChI is InChI=1S/C17H24N6O/c1-12(2)15(17(24)19-11-14-9-6-10-18-14)23-21-16(20-22-23)13-7-4-3-5-8-13/h3-5,7-8,12,14-15,18H,6,9-11H2,1-2H3,(H,19,24). The van der Waals surface area contributed by atoms with Crippen LogP contribution in [0.2, 0.25) is 0 Å². The number of benzene rings is 1. The number of aromatic nitrogens is 4. The Morgan fingerprint density at radius 3 is 2.83 bits per heavy atom. The van der Waals surface area contributed by atoms with Gasteiger partial charge in [0.25, 0.3) is 0 Å². The average Bonchev–Trinajstić information content (AvgIpc) is 3.25.